The van der Waals surface area contributed by atoms with Crippen LogP contribution in [0, 0.1) is 11.8 Å². The minimum atomic E-state index is 0.993. The van der Waals surface area contributed by atoms with Gasteiger partial charge in [0, 0.05) is 0 Å². The van der Waals surface area contributed by atoms with Crippen molar-refractivity contribution in [3.05, 3.63) is 35.9 Å². The van der Waals surface area contributed by atoms with Gasteiger partial charge in [-0.2, -0.15) is 0 Å². The summed E-state index contributed by atoms with van der Waals surface area (Å²) in [5.41, 5.74) is 1.52. The lowest BCUT2D eigenvalue weighted by Gasteiger charge is -2.18. The molecule has 0 heterocycles. The Kier molecular flexibility index (Phi) is 10.2. The van der Waals surface area contributed by atoms with Crippen molar-refractivity contribution in [3.63, 3.8) is 0 Å². The molecule has 0 radical (unpaired) electrons. The summed E-state index contributed by atoms with van der Waals surface area (Å²) in [6, 6.07) is 11.1. The van der Waals surface area contributed by atoms with E-state index in [0.717, 1.165) is 11.8 Å². The van der Waals surface area contributed by atoms with Gasteiger partial charge in [-0.3, -0.25) is 0 Å². The van der Waals surface area contributed by atoms with Crippen LogP contribution < -0.4 is 0 Å². The Labute approximate surface area is 151 Å². The van der Waals surface area contributed by atoms with Gasteiger partial charge >= 0.3 is 0 Å². The molecule has 0 aliphatic heterocycles. The first-order valence-electron chi connectivity index (χ1n) is 10.9. The highest BCUT2D eigenvalue weighted by Crippen LogP contribution is 2.31. The highest BCUT2D eigenvalue weighted by Gasteiger charge is 2.15. The fourth-order valence-corrected chi connectivity index (χ4v) is 4.53. The summed E-state index contributed by atoms with van der Waals surface area (Å²) in [5.74, 6) is 2.07. The molecule has 0 heteroatoms. The normalized spacial score (nSPS) is 16.5. The molecule has 24 heavy (non-hydrogen) atoms. The van der Waals surface area contributed by atoms with Crippen LogP contribution in [0.3, 0.4) is 0 Å². The van der Waals surface area contributed by atoms with E-state index in [9.17, 15) is 0 Å². The zero-order valence-corrected chi connectivity index (χ0v) is 16.1. The SMILES string of the molecule is CCCCCCC(CCCc1ccccc1)CCCC1CCCC1. The molecule has 1 fully saturated rings. The molecular weight excluding hydrogens is 288 g/mol. The standard InChI is InChI=1S/C24H40/c1-2-3-4-6-13-24(21-12-19-23-16-9-10-17-23)20-11-18-22-14-7-5-8-15-22/h5,7-8,14-15,23-24H,2-4,6,9-13,16-21H2,1H3. The number of unbranched alkanes of at least 4 members (excludes halogenated alkanes) is 3. The number of rotatable bonds is 13. The van der Waals surface area contributed by atoms with Gasteiger partial charge in [0.15, 0.2) is 0 Å². The van der Waals surface area contributed by atoms with Crippen LogP contribution in [0.4, 0.5) is 0 Å². The molecule has 1 atom stereocenters. The second kappa shape index (κ2) is 12.6. The van der Waals surface area contributed by atoms with Gasteiger partial charge in [0.1, 0.15) is 0 Å². The quantitative estimate of drug-likeness (QED) is 0.322. The highest BCUT2D eigenvalue weighted by molar-refractivity contribution is 5.14. The number of hydrogen-bond donors (Lipinski definition) is 0. The van der Waals surface area contributed by atoms with Crippen LogP contribution >= 0.6 is 0 Å². The molecule has 0 saturated heterocycles. The first-order valence-corrected chi connectivity index (χ1v) is 10.9. The summed E-state index contributed by atoms with van der Waals surface area (Å²) >= 11 is 0. The maximum absolute atomic E-state index is 2.32. The molecule has 0 aromatic heterocycles. The fourth-order valence-electron chi connectivity index (χ4n) is 4.53. The largest absolute Gasteiger partial charge is 0.0654 e. The van der Waals surface area contributed by atoms with Gasteiger partial charge in [0.05, 0.1) is 0 Å². The van der Waals surface area contributed by atoms with Gasteiger partial charge in [-0.25, -0.2) is 0 Å². The lowest BCUT2D eigenvalue weighted by atomic mass is 9.88. The van der Waals surface area contributed by atoms with Gasteiger partial charge in [0.25, 0.3) is 0 Å². The second-order valence-electron chi connectivity index (χ2n) is 8.17. The topological polar surface area (TPSA) is 0 Å². The Bertz CT molecular complexity index is 388. The van der Waals surface area contributed by atoms with E-state index in [1.165, 1.54) is 102 Å². The lowest BCUT2D eigenvalue weighted by molar-refractivity contribution is 0.357. The van der Waals surface area contributed by atoms with Crippen molar-refractivity contribution in [3.8, 4) is 0 Å². The third kappa shape index (κ3) is 8.36. The number of aryl methyl sites for hydroxylation is 1. The monoisotopic (exact) mass is 328 g/mol. The molecule has 0 N–H and O–H groups in total. The van der Waals surface area contributed by atoms with Crippen LogP contribution in [0.5, 0.6) is 0 Å². The molecule has 0 bridgehead atoms. The smallest absolute Gasteiger partial charge is 0.0279 e. The Morgan fingerprint density at radius 1 is 0.833 bits per heavy atom. The van der Waals surface area contributed by atoms with Gasteiger partial charge < -0.3 is 0 Å². The average molecular weight is 329 g/mol. The Hall–Kier alpha value is -0.780. The van der Waals surface area contributed by atoms with Crippen LogP contribution in [0.15, 0.2) is 30.3 Å². The van der Waals surface area contributed by atoms with E-state index >= 15 is 0 Å². The maximum Gasteiger partial charge on any atom is -0.0279 e. The summed E-state index contributed by atoms with van der Waals surface area (Å²) in [6.07, 6.45) is 21.9. The van der Waals surface area contributed by atoms with Crippen molar-refractivity contribution in [2.75, 3.05) is 0 Å². The van der Waals surface area contributed by atoms with Gasteiger partial charge in [-0.05, 0) is 30.2 Å². The Morgan fingerprint density at radius 2 is 1.54 bits per heavy atom. The van der Waals surface area contributed by atoms with Gasteiger partial charge in [0.2, 0.25) is 0 Å². The third-order valence-electron chi connectivity index (χ3n) is 6.09. The van der Waals surface area contributed by atoms with E-state index in [0.29, 0.717) is 0 Å². The van der Waals surface area contributed by atoms with Crippen molar-refractivity contribution in [1.82, 2.24) is 0 Å². The number of benzene rings is 1. The van der Waals surface area contributed by atoms with E-state index in [1.807, 2.05) is 0 Å². The third-order valence-corrected chi connectivity index (χ3v) is 6.09. The summed E-state index contributed by atoms with van der Waals surface area (Å²) in [5, 5.41) is 0. The molecule has 1 aliphatic rings. The predicted molar refractivity (Wildman–Crippen MR) is 107 cm³/mol. The summed E-state index contributed by atoms with van der Waals surface area (Å²) in [7, 11) is 0. The predicted octanol–water partition coefficient (Wildman–Crippen LogP) is 7.96. The van der Waals surface area contributed by atoms with E-state index in [-0.39, 0.29) is 0 Å². The Morgan fingerprint density at radius 3 is 2.29 bits per heavy atom. The Balaban J connectivity index is 1.65. The molecule has 0 nitrogen and oxygen atoms in total. The molecule has 0 amide bonds. The number of hydrogen-bond acceptors (Lipinski definition) is 0. The molecule has 1 aromatic carbocycles. The van der Waals surface area contributed by atoms with Crippen LogP contribution in [-0.2, 0) is 6.42 Å². The zero-order chi connectivity index (χ0) is 16.9. The maximum atomic E-state index is 2.32. The fraction of sp³-hybridized carbons (Fsp3) is 0.750. The van der Waals surface area contributed by atoms with Crippen LogP contribution in [0.2, 0.25) is 0 Å². The highest BCUT2D eigenvalue weighted by atomic mass is 14.2. The van der Waals surface area contributed by atoms with E-state index in [1.54, 1.807) is 0 Å². The molecule has 136 valence electrons. The van der Waals surface area contributed by atoms with Crippen LogP contribution in [-0.4, -0.2) is 0 Å². The molecule has 1 saturated carbocycles. The van der Waals surface area contributed by atoms with Crippen molar-refractivity contribution in [1.29, 1.82) is 0 Å². The van der Waals surface area contributed by atoms with Crippen LogP contribution in [0.1, 0.15) is 102 Å². The lowest BCUT2D eigenvalue weighted by Crippen LogP contribution is -2.04. The first-order chi connectivity index (χ1) is 11.9. The molecule has 1 unspecified atom stereocenters. The van der Waals surface area contributed by atoms with E-state index in [2.05, 4.69) is 37.3 Å². The molecule has 0 spiro atoms. The van der Waals surface area contributed by atoms with Crippen molar-refractivity contribution < 1.29 is 0 Å². The van der Waals surface area contributed by atoms with Crippen molar-refractivity contribution in [2.45, 2.75) is 103 Å². The van der Waals surface area contributed by atoms with E-state index < -0.39 is 0 Å². The summed E-state index contributed by atoms with van der Waals surface area (Å²) < 4.78 is 0. The molecule has 1 aromatic rings. The van der Waals surface area contributed by atoms with Gasteiger partial charge in [-0.15, -0.1) is 0 Å². The molecule has 2 rings (SSSR count). The minimum Gasteiger partial charge on any atom is -0.0654 e. The zero-order valence-electron chi connectivity index (χ0n) is 16.1. The average Bonchev–Trinajstić information content (AvgIpc) is 3.12. The van der Waals surface area contributed by atoms with Gasteiger partial charge in [-0.1, -0.05) is 121 Å². The summed E-state index contributed by atoms with van der Waals surface area (Å²) in [6.45, 7) is 2.32. The minimum absolute atomic E-state index is 0.993. The van der Waals surface area contributed by atoms with Crippen molar-refractivity contribution >= 4 is 0 Å². The first kappa shape index (κ1) is 19.5. The van der Waals surface area contributed by atoms with E-state index in [4.69, 9.17) is 0 Å². The second-order valence-corrected chi connectivity index (χ2v) is 8.17. The molecule has 1 aliphatic carbocycles. The molecular formula is C24H40. The van der Waals surface area contributed by atoms with Crippen molar-refractivity contribution in [2.24, 2.45) is 11.8 Å². The summed E-state index contributed by atoms with van der Waals surface area (Å²) in [4.78, 5) is 0. The van der Waals surface area contributed by atoms with Crippen LogP contribution in [0.25, 0.3) is 0 Å².